The first-order valence-electron chi connectivity index (χ1n) is 9.59. The Kier molecular flexibility index (Phi) is 10.3. The van der Waals surface area contributed by atoms with Crippen LogP contribution < -0.4 is 44.9 Å². The molecule has 1 heterocycles. The zero-order chi connectivity index (χ0) is 23.1. The molecule has 2 aromatic carbocycles. The van der Waals surface area contributed by atoms with E-state index in [1.807, 2.05) is 36.2 Å². The van der Waals surface area contributed by atoms with Crippen LogP contribution in [0.25, 0.3) is 6.08 Å². The van der Waals surface area contributed by atoms with Gasteiger partial charge in [0.15, 0.2) is 0 Å². The van der Waals surface area contributed by atoms with E-state index in [-0.39, 0.29) is 51.6 Å². The van der Waals surface area contributed by atoms with E-state index < -0.39 is 17.9 Å². The van der Waals surface area contributed by atoms with Crippen LogP contribution in [0.2, 0.25) is 10.0 Å². The number of nitrogens with one attached hydrogen (secondary N) is 1. The van der Waals surface area contributed by atoms with E-state index in [1.165, 1.54) is 18.5 Å². The van der Waals surface area contributed by atoms with Crippen molar-refractivity contribution in [1.29, 1.82) is 0 Å². The molecule has 33 heavy (non-hydrogen) atoms. The van der Waals surface area contributed by atoms with Gasteiger partial charge in [0.25, 0.3) is 5.91 Å². The summed E-state index contributed by atoms with van der Waals surface area (Å²) in [7, 11) is 1.89. The molecule has 1 aromatic heterocycles. The number of carbonyl (C=O) groups excluding carboxylic acids is 2. The Morgan fingerprint density at radius 3 is 2.36 bits per heavy atom. The van der Waals surface area contributed by atoms with Gasteiger partial charge in [0.05, 0.1) is 27.6 Å². The Morgan fingerprint density at radius 1 is 1.12 bits per heavy atom. The van der Waals surface area contributed by atoms with E-state index >= 15 is 0 Å². The van der Waals surface area contributed by atoms with Gasteiger partial charge in [0.1, 0.15) is 12.1 Å². The fraction of sp³-hybridized carbons (Fsp3) is 0.130. The zero-order valence-corrected chi connectivity index (χ0v) is 21.5. The summed E-state index contributed by atoms with van der Waals surface area (Å²) in [5, 5.41) is 14.2. The van der Waals surface area contributed by atoms with E-state index in [0.29, 0.717) is 0 Å². The predicted molar refractivity (Wildman–Crippen MR) is 123 cm³/mol. The topological polar surface area (TPSA) is 98.2 Å². The minimum Gasteiger partial charge on any atom is -0.548 e. The first kappa shape index (κ1) is 26.8. The van der Waals surface area contributed by atoms with Crippen LogP contribution in [-0.2, 0) is 4.79 Å². The summed E-state index contributed by atoms with van der Waals surface area (Å²) in [5.41, 5.74) is 1.81. The third-order valence-corrected chi connectivity index (χ3v) is 5.28. The van der Waals surface area contributed by atoms with E-state index in [2.05, 4.69) is 15.3 Å². The molecule has 0 fully saturated rings. The number of carboxylic acids is 1. The molecule has 1 unspecified atom stereocenters. The van der Waals surface area contributed by atoms with Gasteiger partial charge in [-0.05, 0) is 42.3 Å². The average molecular weight is 493 g/mol. The number of rotatable bonds is 8. The number of benzene rings is 2. The second-order valence-corrected chi connectivity index (χ2v) is 7.61. The molecule has 0 aliphatic heterocycles. The maximum atomic E-state index is 12.4. The van der Waals surface area contributed by atoms with E-state index in [9.17, 15) is 14.7 Å². The van der Waals surface area contributed by atoms with E-state index in [4.69, 9.17) is 23.2 Å². The van der Waals surface area contributed by atoms with Crippen molar-refractivity contribution in [1.82, 2.24) is 15.3 Å². The summed E-state index contributed by atoms with van der Waals surface area (Å²) in [6.45, 7) is 0. The Morgan fingerprint density at radius 2 is 1.79 bits per heavy atom. The predicted octanol–water partition coefficient (Wildman–Crippen LogP) is 0.507. The third-order valence-electron chi connectivity index (χ3n) is 4.65. The Bertz CT molecular complexity index is 1110. The quantitative estimate of drug-likeness (QED) is 0.460. The number of hydrogen-bond donors (Lipinski definition) is 1. The minimum absolute atomic E-state index is 0. The molecule has 0 bridgehead atoms. The molecule has 1 atom stereocenters. The number of aliphatic carboxylic acids is 1. The van der Waals surface area contributed by atoms with Gasteiger partial charge >= 0.3 is 29.6 Å². The number of carboxylic acid groups (broad SMARTS) is 1. The van der Waals surface area contributed by atoms with Crippen LogP contribution in [0.3, 0.4) is 0 Å². The fourth-order valence-corrected chi connectivity index (χ4v) is 3.49. The fourth-order valence-electron chi connectivity index (χ4n) is 2.92. The van der Waals surface area contributed by atoms with Crippen LogP contribution >= 0.6 is 23.2 Å². The molecule has 0 spiro atoms. The van der Waals surface area contributed by atoms with Crippen LogP contribution in [0.1, 0.15) is 22.3 Å². The molecule has 0 radical (unpaired) electrons. The molecule has 0 aliphatic rings. The number of carbonyl (C=O) groups is 2. The number of anilines is 2. The monoisotopic (exact) mass is 492 g/mol. The van der Waals surface area contributed by atoms with Crippen LogP contribution in [0.5, 0.6) is 0 Å². The van der Waals surface area contributed by atoms with Gasteiger partial charge in [-0.15, -0.1) is 0 Å². The van der Waals surface area contributed by atoms with Gasteiger partial charge in [0, 0.05) is 18.9 Å². The number of aromatic nitrogens is 2. The number of amides is 1. The Labute approximate surface area is 223 Å². The molecule has 0 aliphatic carbocycles. The SMILES string of the molecule is CN(c1ccc(/C=C/CC(NC(=O)c2c(Cl)cccc2Cl)C(=O)[O-])cc1)c1ccncn1.[Na+]. The van der Waals surface area contributed by atoms with Crippen molar-refractivity contribution >= 4 is 52.7 Å². The summed E-state index contributed by atoms with van der Waals surface area (Å²) in [4.78, 5) is 34.0. The van der Waals surface area contributed by atoms with Crippen molar-refractivity contribution in [3.8, 4) is 0 Å². The average Bonchev–Trinajstić information content (AvgIpc) is 2.78. The molecule has 1 amide bonds. The number of hydrogen-bond acceptors (Lipinski definition) is 6. The Hall–Kier alpha value is -2.42. The van der Waals surface area contributed by atoms with Crippen molar-refractivity contribution in [3.05, 3.63) is 88.3 Å². The molecule has 3 rings (SSSR count). The molecular weight excluding hydrogens is 474 g/mol. The van der Waals surface area contributed by atoms with Crippen LogP contribution in [0.4, 0.5) is 11.5 Å². The first-order chi connectivity index (χ1) is 15.4. The molecule has 1 N–H and O–H groups in total. The van der Waals surface area contributed by atoms with Crippen molar-refractivity contribution < 1.29 is 44.3 Å². The van der Waals surface area contributed by atoms with Gasteiger partial charge in [-0.3, -0.25) is 4.79 Å². The van der Waals surface area contributed by atoms with Crippen LogP contribution in [0.15, 0.2) is 67.1 Å². The molecule has 7 nitrogen and oxygen atoms in total. The molecule has 0 saturated carbocycles. The molecular formula is C23H19Cl2N4NaO3. The maximum absolute atomic E-state index is 12.4. The standard InChI is InChI=1S/C23H20Cl2N4O3.Na/c1-29(20-12-13-26-14-27-20)16-10-8-15(9-11-16)4-2-7-19(23(31)32)28-22(30)21-17(24)5-3-6-18(21)25;/h2-6,8-14,19H,7H2,1H3,(H,28,30)(H,31,32);/q;+1/p-1/b4-2+;. The van der Waals surface area contributed by atoms with Gasteiger partial charge in [-0.2, -0.15) is 0 Å². The maximum Gasteiger partial charge on any atom is 1.00 e. The van der Waals surface area contributed by atoms with Gasteiger partial charge in [-0.1, -0.05) is 53.6 Å². The van der Waals surface area contributed by atoms with Crippen molar-refractivity contribution in [3.63, 3.8) is 0 Å². The van der Waals surface area contributed by atoms with Crippen LogP contribution in [0, 0.1) is 0 Å². The van der Waals surface area contributed by atoms with Gasteiger partial charge in [0.2, 0.25) is 0 Å². The van der Waals surface area contributed by atoms with Gasteiger partial charge in [-0.25, -0.2) is 9.97 Å². The van der Waals surface area contributed by atoms with Crippen LogP contribution in [-0.4, -0.2) is 34.9 Å². The molecule has 164 valence electrons. The smallest absolute Gasteiger partial charge is 0.548 e. The Balaban J connectivity index is 0.00000385. The third kappa shape index (κ3) is 7.28. The minimum atomic E-state index is -1.41. The zero-order valence-electron chi connectivity index (χ0n) is 18.0. The second-order valence-electron chi connectivity index (χ2n) is 6.80. The van der Waals surface area contributed by atoms with Gasteiger partial charge < -0.3 is 20.1 Å². The number of halogens is 2. The molecule has 0 saturated heterocycles. The first-order valence-corrected chi connectivity index (χ1v) is 10.3. The summed E-state index contributed by atoms with van der Waals surface area (Å²) in [6.07, 6.45) is 6.59. The van der Waals surface area contributed by atoms with Crippen molar-refractivity contribution in [2.45, 2.75) is 12.5 Å². The number of nitrogens with zero attached hydrogens (tertiary/aromatic N) is 3. The summed E-state index contributed by atoms with van der Waals surface area (Å²) >= 11 is 12.0. The summed E-state index contributed by atoms with van der Waals surface area (Å²) < 4.78 is 0. The normalized spacial score (nSPS) is 11.5. The molecule has 3 aromatic rings. The second kappa shape index (κ2) is 12.7. The largest absolute Gasteiger partial charge is 1.00 e. The van der Waals surface area contributed by atoms with E-state index in [0.717, 1.165) is 17.1 Å². The van der Waals surface area contributed by atoms with Crippen molar-refractivity contribution in [2.75, 3.05) is 11.9 Å². The van der Waals surface area contributed by atoms with E-state index in [1.54, 1.807) is 30.5 Å². The van der Waals surface area contributed by atoms with Crippen molar-refractivity contribution in [2.24, 2.45) is 0 Å². The summed E-state index contributed by atoms with van der Waals surface area (Å²) in [6, 6.07) is 12.8. The summed E-state index contributed by atoms with van der Waals surface area (Å²) in [5.74, 6) is -1.33. The molecule has 10 heteroatoms.